The second kappa shape index (κ2) is 2.48. The second-order valence-corrected chi connectivity index (χ2v) is 3.59. The van der Waals surface area contributed by atoms with Crippen LogP contribution >= 0.6 is 0 Å². The van der Waals surface area contributed by atoms with Gasteiger partial charge in [0.15, 0.2) is 0 Å². The fraction of sp³-hybridized carbons (Fsp3) is 0.875. The second-order valence-electron chi connectivity index (χ2n) is 3.59. The summed E-state index contributed by atoms with van der Waals surface area (Å²) >= 11 is 0. The van der Waals surface area contributed by atoms with Gasteiger partial charge in [0.1, 0.15) is 0 Å². The number of carbonyl (C=O) groups is 1. The van der Waals surface area contributed by atoms with Crippen LogP contribution in [0.1, 0.15) is 12.8 Å². The number of hydrogen-bond donors (Lipinski definition) is 1. The first-order valence-electron chi connectivity index (χ1n) is 4.29. The van der Waals surface area contributed by atoms with Crippen LogP contribution in [-0.4, -0.2) is 30.4 Å². The van der Waals surface area contributed by atoms with Crippen molar-refractivity contribution in [3.05, 3.63) is 0 Å². The zero-order chi connectivity index (χ0) is 7.84. The van der Waals surface area contributed by atoms with Crippen molar-refractivity contribution in [2.45, 2.75) is 12.8 Å². The van der Waals surface area contributed by atoms with Gasteiger partial charge in [0.05, 0.1) is 0 Å². The topological polar surface area (TPSA) is 46.3 Å². The molecule has 2 atom stereocenters. The fourth-order valence-corrected chi connectivity index (χ4v) is 1.88. The van der Waals surface area contributed by atoms with Crippen LogP contribution < -0.4 is 5.73 Å². The Bertz CT molecular complexity index is 171. The van der Waals surface area contributed by atoms with Gasteiger partial charge in [0.25, 0.3) is 0 Å². The normalized spacial score (nSPS) is 33.7. The van der Waals surface area contributed by atoms with Gasteiger partial charge in [-0.25, -0.2) is 0 Å². The molecule has 2 fully saturated rings. The van der Waals surface area contributed by atoms with Crippen molar-refractivity contribution in [2.75, 3.05) is 19.6 Å². The monoisotopic (exact) mass is 154 g/mol. The fourth-order valence-electron chi connectivity index (χ4n) is 1.88. The van der Waals surface area contributed by atoms with Gasteiger partial charge in [-0.3, -0.25) is 4.79 Å². The summed E-state index contributed by atoms with van der Waals surface area (Å²) < 4.78 is 0. The summed E-state index contributed by atoms with van der Waals surface area (Å²) in [5, 5.41) is 0. The number of nitrogens with two attached hydrogens (primary N) is 1. The van der Waals surface area contributed by atoms with E-state index in [0.29, 0.717) is 13.0 Å². The average Bonchev–Trinajstić information content (AvgIpc) is 2.59. The molecule has 2 unspecified atom stereocenters. The molecule has 2 N–H and O–H groups in total. The summed E-state index contributed by atoms with van der Waals surface area (Å²) in [4.78, 5) is 13.2. The van der Waals surface area contributed by atoms with E-state index in [9.17, 15) is 4.79 Å². The smallest absolute Gasteiger partial charge is 0.223 e. The van der Waals surface area contributed by atoms with Crippen molar-refractivity contribution in [3.63, 3.8) is 0 Å². The number of rotatable bonds is 2. The summed E-state index contributed by atoms with van der Waals surface area (Å²) in [5.41, 5.74) is 5.30. The van der Waals surface area contributed by atoms with E-state index >= 15 is 0 Å². The maximum absolute atomic E-state index is 11.3. The van der Waals surface area contributed by atoms with Crippen molar-refractivity contribution in [2.24, 2.45) is 17.6 Å². The van der Waals surface area contributed by atoms with Crippen LogP contribution in [0.2, 0.25) is 0 Å². The predicted molar refractivity (Wildman–Crippen MR) is 41.8 cm³/mol. The lowest BCUT2D eigenvalue weighted by Gasteiger charge is -2.16. The van der Waals surface area contributed by atoms with Gasteiger partial charge in [-0.15, -0.1) is 0 Å². The number of fused-ring (bicyclic) bond motifs is 1. The molecule has 3 heteroatoms. The standard InChI is InChI=1S/C8H14N2O/c9-2-1-8(11)10-4-6-3-7(6)5-10/h6-7H,1-5,9H2. The zero-order valence-corrected chi connectivity index (χ0v) is 6.62. The van der Waals surface area contributed by atoms with E-state index < -0.39 is 0 Å². The van der Waals surface area contributed by atoms with Crippen LogP contribution in [0, 0.1) is 11.8 Å². The van der Waals surface area contributed by atoms with Crippen molar-refractivity contribution < 1.29 is 4.79 Å². The minimum atomic E-state index is 0.250. The first kappa shape index (κ1) is 7.10. The number of hydrogen-bond acceptors (Lipinski definition) is 2. The summed E-state index contributed by atoms with van der Waals surface area (Å²) in [7, 11) is 0. The molecule has 2 rings (SSSR count). The Morgan fingerprint density at radius 1 is 1.45 bits per heavy atom. The molecule has 1 amide bonds. The largest absolute Gasteiger partial charge is 0.342 e. The van der Waals surface area contributed by atoms with Gasteiger partial charge in [-0.2, -0.15) is 0 Å². The first-order valence-corrected chi connectivity index (χ1v) is 4.29. The molecular weight excluding hydrogens is 140 g/mol. The minimum Gasteiger partial charge on any atom is -0.342 e. The van der Waals surface area contributed by atoms with Gasteiger partial charge in [-0.05, 0) is 18.3 Å². The van der Waals surface area contributed by atoms with E-state index in [4.69, 9.17) is 5.73 Å². The molecule has 0 bridgehead atoms. The third-order valence-corrected chi connectivity index (χ3v) is 2.69. The Kier molecular flexibility index (Phi) is 1.60. The number of likely N-dealkylation sites (tertiary alicyclic amines) is 1. The van der Waals surface area contributed by atoms with Crippen LogP contribution in [0.15, 0.2) is 0 Å². The Hall–Kier alpha value is -0.570. The summed E-state index contributed by atoms with van der Waals surface area (Å²) in [6.07, 6.45) is 1.88. The highest BCUT2D eigenvalue weighted by molar-refractivity contribution is 5.76. The highest BCUT2D eigenvalue weighted by Crippen LogP contribution is 2.44. The summed E-state index contributed by atoms with van der Waals surface area (Å²) in [5.74, 6) is 1.94. The van der Waals surface area contributed by atoms with Gasteiger partial charge in [0, 0.05) is 26.1 Å². The molecule has 0 spiro atoms. The van der Waals surface area contributed by atoms with Crippen molar-refractivity contribution in [3.8, 4) is 0 Å². The molecule has 11 heavy (non-hydrogen) atoms. The van der Waals surface area contributed by atoms with Gasteiger partial charge in [0.2, 0.25) is 5.91 Å². The van der Waals surface area contributed by atoms with Gasteiger partial charge in [-0.1, -0.05) is 0 Å². The third kappa shape index (κ3) is 1.25. The maximum Gasteiger partial charge on any atom is 0.223 e. The average molecular weight is 154 g/mol. The molecule has 1 aliphatic heterocycles. The van der Waals surface area contributed by atoms with Gasteiger partial charge >= 0.3 is 0 Å². The van der Waals surface area contributed by atoms with Crippen LogP contribution in [0.25, 0.3) is 0 Å². The van der Waals surface area contributed by atoms with Crippen LogP contribution in [0.5, 0.6) is 0 Å². The molecule has 1 saturated carbocycles. The molecule has 62 valence electrons. The quantitative estimate of drug-likeness (QED) is 0.599. The molecule has 1 heterocycles. The molecule has 3 nitrogen and oxygen atoms in total. The zero-order valence-electron chi connectivity index (χ0n) is 6.62. The molecule has 0 radical (unpaired) electrons. The minimum absolute atomic E-state index is 0.250. The van der Waals surface area contributed by atoms with Gasteiger partial charge < -0.3 is 10.6 Å². The Morgan fingerprint density at radius 2 is 2.09 bits per heavy atom. The van der Waals surface area contributed by atoms with E-state index in [0.717, 1.165) is 24.9 Å². The highest BCUT2D eigenvalue weighted by atomic mass is 16.2. The lowest BCUT2D eigenvalue weighted by Crippen LogP contribution is -2.31. The Balaban J connectivity index is 1.82. The Labute approximate surface area is 66.5 Å². The molecule has 2 aliphatic rings. The van der Waals surface area contributed by atoms with Crippen LogP contribution in [0.4, 0.5) is 0 Å². The van der Waals surface area contributed by atoms with E-state index in [2.05, 4.69) is 0 Å². The third-order valence-electron chi connectivity index (χ3n) is 2.69. The molecular formula is C8H14N2O. The van der Waals surface area contributed by atoms with Crippen molar-refractivity contribution in [1.82, 2.24) is 4.90 Å². The Morgan fingerprint density at radius 3 is 2.64 bits per heavy atom. The molecule has 0 aromatic heterocycles. The van der Waals surface area contributed by atoms with E-state index in [1.54, 1.807) is 0 Å². The van der Waals surface area contributed by atoms with Crippen LogP contribution in [0.3, 0.4) is 0 Å². The summed E-state index contributed by atoms with van der Waals surface area (Å²) in [6.45, 7) is 2.50. The number of amides is 1. The van der Waals surface area contributed by atoms with Crippen LogP contribution in [-0.2, 0) is 4.79 Å². The van der Waals surface area contributed by atoms with Crippen molar-refractivity contribution >= 4 is 5.91 Å². The molecule has 1 aliphatic carbocycles. The number of carbonyl (C=O) groups excluding carboxylic acids is 1. The predicted octanol–water partition coefficient (Wildman–Crippen LogP) is -0.187. The van der Waals surface area contributed by atoms with Crippen molar-refractivity contribution in [1.29, 1.82) is 0 Å². The lowest BCUT2D eigenvalue weighted by atomic mass is 10.3. The number of piperidine rings is 1. The summed E-state index contributed by atoms with van der Waals surface area (Å²) in [6, 6.07) is 0. The lowest BCUT2D eigenvalue weighted by molar-refractivity contribution is -0.130. The molecule has 1 saturated heterocycles. The van der Waals surface area contributed by atoms with E-state index in [1.165, 1.54) is 6.42 Å². The van der Waals surface area contributed by atoms with E-state index in [-0.39, 0.29) is 5.91 Å². The molecule has 0 aromatic rings. The number of nitrogens with zero attached hydrogens (tertiary/aromatic N) is 1. The first-order chi connectivity index (χ1) is 5.31. The SMILES string of the molecule is NCCC(=O)N1CC2CC2C1. The molecule has 0 aromatic carbocycles. The maximum atomic E-state index is 11.3. The van der Waals surface area contributed by atoms with E-state index in [1.807, 2.05) is 4.90 Å². The highest BCUT2D eigenvalue weighted by Gasteiger charge is 2.46.